The maximum atomic E-state index is 12.6. The molecule has 2 aromatic carbocycles. The Bertz CT molecular complexity index is 1010. The number of nitrogens with zero attached hydrogens (tertiary/aromatic N) is 2. The van der Waals surface area contributed by atoms with Gasteiger partial charge in [0.15, 0.2) is 0 Å². The van der Waals surface area contributed by atoms with Crippen molar-refractivity contribution in [2.45, 2.75) is 25.9 Å². The van der Waals surface area contributed by atoms with Crippen LogP contribution in [0, 0.1) is 5.92 Å². The highest BCUT2D eigenvalue weighted by Crippen LogP contribution is 2.29. The van der Waals surface area contributed by atoms with Gasteiger partial charge in [-0.25, -0.2) is 4.98 Å². The van der Waals surface area contributed by atoms with Crippen molar-refractivity contribution in [3.63, 3.8) is 0 Å². The summed E-state index contributed by atoms with van der Waals surface area (Å²) >= 11 is 6.12. The molecule has 138 valence electrons. The molecule has 0 unspecified atom stereocenters. The van der Waals surface area contributed by atoms with Crippen molar-refractivity contribution >= 4 is 40.1 Å². The van der Waals surface area contributed by atoms with Crippen LogP contribution in [0.1, 0.15) is 18.7 Å². The number of anilines is 1. The molecule has 7 heteroatoms. The second-order valence-electron chi connectivity index (χ2n) is 6.62. The number of aromatic nitrogens is 2. The SMILES string of the molecule is O=C(Cn1c(CNC(=O)C2CC2)nc2ccccc21)Nc1ccccc1Cl. The number of benzene rings is 2. The molecular weight excluding hydrogens is 364 g/mol. The molecule has 4 rings (SSSR count). The minimum Gasteiger partial charge on any atom is -0.349 e. The number of rotatable bonds is 6. The van der Waals surface area contributed by atoms with Gasteiger partial charge in [-0.3, -0.25) is 9.59 Å². The van der Waals surface area contributed by atoms with Crippen molar-refractivity contribution in [3.05, 3.63) is 59.4 Å². The average molecular weight is 383 g/mol. The van der Waals surface area contributed by atoms with Crippen LogP contribution in [0.25, 0.3) is 11.0 Å². The Labute approximate surface area is 161 Å². The molecule has 0 aliphatic heterocycles. The molecule has 0 radical (unpaired) electrons. The molecule has 1 fully saturated rings. The second-order valence-corrected chi connectivity index (χ2v) is 7.03. The number of halogens is 1. The Morgan fingerprint density at radius 2 is 1.85 bits per heavy atom. The molecule has 1 aliphatic carbocycles. The molecule has 1 heterocycles. The van der Waals surface area contributed by atoms with Crippen LogP contribution < -0.4 is 10.6 Å². The third kappa shape index (κ3) is 3.95. The number of hydrogen-bond donors (Lipinski definition) is 2. The van der Waals surface area contributed by atoms with Gasteiger partial charge in [0.25, 0.3) is 0 Å². The molecule has 0 atom stereocenters. The number of fused-ring (bicyclic) bond motifs is 1. The zero-order valence-corrected chi connectivity index (χ0v) is 15.4. The van der Waals surface area contributed by atoms with Gasteiger partial charge in [0.1, 0.15) is 12.4 Å². The van der Waals surface area contributed by atoms with E-state index in [0.717, 1.165) is 23.9 Å². The van der Waals surface area contributed by atoms with E-state index in [2.05, 4.69) is 15.6 Å². The van der Waals surface area contributed by atoms with Crippen LogP contribution in [0.15, 0.2) is 48.5 Å². The molecule has 2 amide bonds. The van der Waals surface area contributed by atoms with Crippen molar-refractivity contribution in [3.8, 4) is 0 Å². The van der Waals surface area contributed by atoms with Gasteiger partial charge in [0, 0.05) is 5.92 Å². The number of para-hydroxylation sites is 3. The van der Waals surface area contributed by atoms with Gasteiger partial charge in [0.05, 0.1) is 28.3 Å². The van der Waals surface area contributed by atoms with Crippen LogP contribution in [0.5, 0.6) is 0 Å². The second kappa shape index (κ2) is 7.40. The van der Waals surface area contributed by atoms with Gasteiger partial charge in [-0.15, -0.1) is 0 Å². The summed E-state index contributed by atoms with van der Waals surface area (Å²) in [5.41, 5.74) is 2.21. The number of nitrogens with one attached hydrogen (secondary N) is 2. The molecule has 0 spiro atoms. The molecule has 3 aromatic rings. The summed E-state index contributed by atoms with van der Waals surface area (Å²) in [4.78, 5) is 29.1. The lowest BCUT2D eigenvalue weighted by Crippen LogP contribution is -2.27. The van der Waals surface area contributed by atoms with Crippen LogP contribution >= 0.6 is 11.6 Å². The zero-order valence-electron chi connectivity index (χ0n) is 14.6. The molecule has 27 heavy (non-hydrogen) atoms. The summed E-state index contributed by atoms with van der Waals surface area (Å²) in [6, 6.07) is 14.7. The van der Waals surface area contributed by atoms with Gasteiger partial charge < -0.3 is 15.2 Å². The van der Waals surface area contributed by atoms with E-state index < -0.39 is 0 Å². The average Bonchev–Trinajstić information content (AvgIpc) is 3.46. The lowest BCUT2D eigenvalue weighted by atomic mass is 10.3. The molecular formula is C20H19ClN4O2. The third-order valence-corrected chi connectivity index (χ3v) is 4.88. The third-order valence-electron chi connectivity index (χ3n) is 4.55. The summed E-state index contributed by atoms with van der Waals surface area (Å²) < 4.78 is 1.83. The smallest absolute Gasteiger partial charge is 0.244 e. The van der Waals surface area contributed by atoms with E-state index in [1.54, 1.807) is 12.1 Å². The molecule has 6 nitrogen and oxygen atoms in total. The molecule has 2 N–H and O–H groups in total. The van der Waals surface area contributed by atoms with Crippen molar-refractivity contribution in [2.24, 2.45) is 5.92 Å². The number of imidazole rings is 1. The minimum atomic E-state index is -0.207. The van der Waals surface area contributed by atoms with Crippen molar-refractivity contribution in [1.29, 1.82) is 0 Å². The first kappa shape index (κ1) is 17.5. The van der Waals surface area contributed by atoms with Gasteiger partial charge in [0.2, 0.25) is 11.8 Å². The van der Waals surface area contributed by atoms with Crippen LogP contribution in [0.2, 0.25) is 5.02 Å². The fourth-order valence-corrected chi connectivity index (χ4v) is 3.17. The maximum Gasteiger partial charge on any atom is 0.244 e. The standard InChI is InChI=1S/C20H19ClN4O2/c21-14-5-1-2-6-15(14)24-19(26)12-25-17-8-4-3-7-16(17)23-18(25)11-22-20(27)13-9-10-13/h1-8,13H,9-12H2,(H,22,27)(H,24,26). The van der Waals surface area contributed by atoms with E-state index >= 15 is 0 Å². The summed E-state index contributed by atoms with van der Waals surface area (Å²) in [5, 5.41) is 6.23. The number of hydrogen-bond acceptors (Lipinski definition) is 3. The highest BCUT2D eigenvalue weighted by atomic mass is 35.5. The molecule has 0 bridgehead atoms. The van der Waals surface area contributed by atoms with E-state index in [1.165, 1.54) is 0 Å². The molecule has 1 aromatic heterocycles. The zero-order chi connectivity index (χ0) is 18.8. The maximum absolute atomic E-state index is 12.6. The van der Waals surface area contributed by atoms with E-state index in [0.29, 0.717) is 23.1 Å². The van der Waals surface area contributed by atoms with Crippen LogP contribution in [-0.4, -0.2) is 21.4 Å². The quantitative estimate of drug-likeness (QED) is 0.686. The normalized spacial score (nSPS) is 13.5. The first-order valence-corrected chi connectivity index (χ1v) is 9.26. The summed E-state index contributed by atoms with van der Waals surface area (Å²) in [6.07, 6.45) is 1.89. The van der Waals surface area contributed by atoms with Crippen molar-refractivity contribution in [2.75, 3.05) is 5.32 Å². The summed E-state index contributed by atoms with van der Waals surface area (Å²) in [7, 11) is 0. The monoisotopic (exact) mass is 382 g/mol. The van der Waals surface area contributed by atoms with E-state index in [4.69, 9.17) is 11.6 Å². The Morgan fingerprint density at radius 3 is 2.63 bits per heavy atom. The lowest BCUT2D eigenvalue weighted by Gasteiger charge is -2.11. The van der Waals surface area contributed by atoms with E-state index in [-0.39, 0.29) is 24.3 Å². The van der Waals surface area contributed by atoms with Gasteiger partial charge >= 0.3 is 0 Å². The Morgan fingerprint density at radius 1 is 1.11 bits per heavy atom. The molecule has 0 saturated heterocycles. The largest absolute Gasteiger partial charge is 0.349 e. The summed E-state index contributed by atoms with van der Waals surface area (Å²) in [5.74, 6) is 0.626. The first-order chi connectivity index (χ1) is 13.1. The fraction of sp³-hybridized carbons (Fsp3) is 0.250. The highest BCUT2D eigenvalue weighted by Gasteiger charge is 2.29. The fourth-order valence-electron chi connectivity index (χ4n) is 2.99. The highest BCUT2D eigenvalue weighted by molar-refractivity contribution is 6.33. The molecule has 1 saturated carbocycles. The topological polar surface area (TPSA) is 76.0 Å². The Kier molecular flexibility index (Phi) is 4.81. The van der Waals surface area contributed by atoms with Gasteiger partial charge in [-0.2, -0.15) is 0 Å². The Balaban J connectivity index is 1.55. The Hall–Kier alpha value is -2.86. The van der Waals surface area contributed by atoms with Crippen LogP contribution in [0.4, 0.5) is 5.69 Å². The van der Waals surface area contributed by atoms with E-state index in [1.807, 2.05) is 41.0 Å². The number of carbonyl (C=O) groups excluding carboxylic acids is 2. The number of amides is 2. The predicted molar refractivity (Wildman–Crippen MR) is 104 cm³/mol. The van der Waals surface area contributed by atoms with Crippen molar-refractivity contribution < 1.29 is 9.59 Å². The predicted octanol–water partition coefficient (Wildman–Crippen LogP) is 3.35. The molecule has 1 aliphatic rings. The van der Waals surface area contributed by atoms with Gasteiger partial charge in [-0.05, 0) is 37.1 Å². The minimum absolute atomic E-state index is 0.0501. The number of carbonyl (C=O) groups is 2. The van der Waals surface area contributed by atoms with E-state index in [9.17, 15) is 9.59 Å². The summed E-state index contributed by atoms with van der Waals surface area (Å²) in [6.45, 7) is 0.379. The van der Waals surface area contributed by atoms with Crippen LogP contribution in [0.3, 0.4) is 0 Å². The lowest BCUT2D eigenvalue weighted by molar-refractivity contribution is -0.122. The van der Waals surface area contributed by atoms with Crippen molar-refractivity contribution in [1.82, 2.24) is 14.9 Å². The first-order valence-electron chi connectivity index (χ1n) is 8.88. The van der Waals surface area contributed by atoms with Crippen LogP contribution in [-0.2, 0) is 22.7 Å². The van der Waals surface area contributed by atoms with Gasteiger partial charge in [-0.1, -0.05) is 35.9 Å².